The van der Waals surface area contributed by atoms with Gasteiger partial charge in [0.15, 0.2) is 5.96 Å². The quantitative estimate of drug-likeness (QED) is 0.339. The molecule has 1 heterocycles. The Morgan fingerprint density at radius 1 is 1.14 bits per heavy atom. The van der Waals surface area contributed by atoms with Crippen molar-refractivity contribution in [1.82, 2.24) is 4.31 Å². The number of sulfonamides is 1. The first-order valence-corrected chi connectivity index (χ1v) is 11.1. The molecule has 0 bridgehead atoms. The van der Waals surface area contributed by atoms with Gasteiger partial charge in [0.2, 0.25) is 10.0 Å². The Labute approximate surface area is 189 Å². The van der Waals surface area contributed by atoms with E-state index in [1.54, 1.807) is 0 Å². The zero-order valence-electron chi connectivity index (χ0n) is 16.3. The Morgan fingerprint density at radius 3 is 2.45 bits per heavy atom. The first kappa shape index (κ1) is 23.4. The lowest BCUT2D eigenvalue weighted by Crippen LogP contribution is -2.38. The third kappa shape index (κ3) is 7.48. The van der Waals surface area contributed by atoms with Gasteiger partial charge in [0.1, 0.15) is 11.5 Å². The highest BCUT2D eigenvalue weighted by atomic mass is 127. The van der Waals surface area contributed by atoms with E-state index in [-0.39, 0.29) is 24.0 Å². The lowest BCUT2D eigenvalue weighted by atomic mass is 9.98. The second kappa shape index (κ2) is 10.8. The van der Waals surface area contributed by atoms with E-state index < -0.39 is 10.0 Å². The van der Waals surface area contributed by atoms with Crippen molar-refractivity contribution in [1.29, 1.82) is 0 Å². The van der Waals surface area contributed by atoms with E-state index in [1.165, 1.54) is 10.6 Å². The van der Waals surface area contributed by atoms with Crippen molar-refractivity contribution in [2.24, 2.45) is 16.6 Å². The number of piperidine rings is 1. The number of hydrogen-bond donors (Lipinski definition) is 2. The van der Waals surface area contributed by atoms with Gasteiger partial charge in [0.05, 0.1) is 6.26 Å². The van der Waals surface area contributed by atoms with Crippen molar-refractivity contribution in [3.8, 4) is 11.5 Å². The highest BCUT2D eigenvalue weighted by Crippen LogP contribution is 2.24. The number of para-hydroxylation sites is 1. The lowest BCUT2D eigenvalue weighted by Gasteiger charge is -2.29. The molecule has 0 aromatic heterocycles. The largest absolute Gasteiger partial charge is 0.457 e. The topological polar surface area (TPSA) is 97.0 Å². The predicted molar refractivity (Wildman–Crippen MR) is 128 cm³/mol. The number of nitrogens with zero attached hydrogens (tertiary/aromatic N) is 2. The van der Waals surface area contributed by atoms with Crippen LogP contribution < -0.4 is 15.8 Å². The molecule has 3 rings (SSSR count). The number of anilines is 1. The molecule has 0 radical (unpaired) electrons. The van der Waals surface area contributed by atoms with Crippen molar-refractivity contribution in [3.63, 3.8) is 0 Å². The summed E-state index contributed by atoms with van der Waals surface area (Å²) in [5, 5.41) is 3.08. The lowest BCUT2D eigenvalue weighted by molar-refractivity contribution is 0.280. The minimum atomic E-state index is -3.10. The molecule has 3 N–H and O–H groups in total. The van der Waals surface area contributed by atoms with Crippen LogP contribution in [0.4, 0.5) is 5.69 Å². The van der Waals surface area contributed by atoms with Gasteiger partial charge < -0.3 is 15.8 Å². The van der Waals surface area contributed by atoms with Gasteiger partial charge in [-0.1, -0.05) is 24.3 Å². The third-order valence-electron chi connectivity index (χ3n) is 4.65. The maximum absolute atomic E-state index is 11.6. The van der Waals surface area contributed by atoms with E-state index >= 15 is 0 Å². The summed E-state index contributed by atoms with van der Waals surface area (Å²) in [7, 11) is -3.10. The molecule has 0 atom stereocenters. The number of halogens is 1. The van der Waals surface area contributed by atoms with Gasteiger partial charge in [0, 0.05) is 31.4 Å². The molecule has 0 amide bonds. The Morgan fingerprint density at radius 2 is 1.79 bits per heavy atom. The summed E-state index contributed by atoms with van der Waals surface area (Å²) in [6, 6.07) is 17.1. The summed E-state index contributed by atoms with van der Waals surface area (Å²) in [5.74, 6) is 2.15. The molecule has 0 spiro atoms. The first-order valence-electron chi connectivity index (χ1n) is 9.25. The average molecular weight is 530 g/mol. The van der Waals surface area contributed by atoms with E-state index in [0.29, 0.717) is 37.3 Å². The summed E-state index contributed by atoms with van der Waals surface area (Å²) in [6.07, 6.45) is 2.84. The van der Waals surface area contributed by atoms with Gasteiger partial charge >= 0.3 is 0 Å². The molecule has 2 aromatic carbocycles. The maximum Gasteiger partial charge on any atom is 0.211 e. The average Bonchev–Trinajstić information content (AvgIpc) is 2.67. The molecule has 9 heteroatoms. The monoisotopic (exact) mass is 530 g/mol. The van der Waals surface area contributed by atoms with Crippen molar-refractivity contribution in [3.05, 3.63) is 54.6 Å². The Balaban J connectivity index is 0.00000300. The fourth-order valence-corrected chi connectivity index (χ4v) is 3.97. The van der Waals surface area contributed by atoms with E-state index in [2.05, 4.69) is 10.3 Å². The number of nitrogens with one attached hydrogen (secondary N) is 1. The zero-order chi connectivity index (χ0) is 20.0. The molecule has 0 unspecified atom stereocenters. The molecule has 1 saturated heterocycles. The van der Waals surface area contributed by atoms with Crippen LogP contribution in [0, 0.1) is 5.92 Å². The van der Waals surface area contributed by atoms with Crippen LogP contribution in [0.15, 0.2) is 59.6 Å². The fourth-order valence-electron chi connectivity index (χ4n) is 3.10. The van der Waals surface area contributed by atoms with Gasteiger partial charge in [-0.15, -0.1) is 24.0 Å². The van der Waals surface area contributed by atoms with Crippen LogP contribution >= 0.6 is 24.0 Å². The van der Waals surface area contributed by atoms with Crippen LogP contribution in [0.5, 0.6) is 11.5 Å². The molecule has 2 aromatic rings. The summed E-state index contributed by atoms with van der Waals surface area (Å²) < 4.78 is 30.5. The summed E-state index contributed by atoms with van der Waals surface area (Å²) >= 11 is 0. The van der Waals surface area contributed by atoms with Crippen LogP contribution in [-0.4, -0.2) is 44.6 Å². The van der Waals surface area contributed by atoms with E-state index in [4.69, 9.17) is 10.5 Å². The summed E-state index contributed by atoms with van der Waals surface area (Å²) in [4.78, 5) is 4.42. The molecule has 0 saturated carbocycles. The van der Waals surface area contributed by atoms with Crippen molar-refractivity contribution in [2.45, 2.75) is 12.8 Å². The number of rotatable bonds is 6. The molecular formula is C20H27IN4O3S. The maximum atomic E-state index is 11.6. The van der Waals surface area contributed by atoms with Gasteiger partial charge in [0.25, 0.3) is 0 Å². The minimum absolute atomic E-state index is 0. The smallest absolute Gasteiger partial charge is 0.211 e. The molecular weight excluding hydrogens is 503 g/mol. The SMILES string of the molecule is CS(=O)(=O)N1CCC(CN=C(N)Nc2cccc(Oc3ccccc3)c2)CC1.I. The highest BCUT2D eigenvalue weighted by molar-refractivity contribution is 14.0. The van der Waals surface area contributed by atoms with Gasteiger partial charge in [-0.2, -0.15) is 0 Å². The number of ether oxygens (including phenoxy) is 1. The number of guanidine groups is 1. The van der Waals surface area contributed by atoms with Crippen molar-refractivity contribution >= 4 is 45.6 Å². The predicted octanol–water partition coefficient (Wildman–Crippen LogP) is 3.50. The van der Waals surface area contributed by atoms with Gasteiger partial charge in [-0.25, -0.2) is 12.7 Å². The van der Waals surface area contributed by atoms with Crippen LogP contribution in [-0.2, 0) is 10.0 Å². The second-order valence-electron chi connectivity index (χ2n) is 6.90. The number of hydrogen-bond acceptors (Lipinski definition) is 4. The number of nitrogens with two attached hydrogens (primary N) is 1. The Kier molecular flexibility index (Phi) is 8.72. The molecule has 1 aliphatic heterocycles. The number of benzene rings is 2. The molecule has 1 aliphatic rings. The second-order valence-corrected chi connectivity index (χ2v) is 8.88. The Bertz CT molecular complexity index is 914. The molecule has 1 fully saturated rings. The molecule has 29 heavy (non-hydrogen) atoms. The van der Waals surface area contributed by atoms with Crippen LogP contribution in [0.1, 0.15) is 12.8 Å². The highest BCUT2D eigenvalue weighted by Gasteiger charge is 2.24. The van der Waals surface area contributed by atoms with Gasteiger partial charge in [-0.05, 0) is 43.0 Å². The fraction of sp³-hybridized carbons (Fsp3) is 0.350. The summed E-state index contributed by atoms with van der Waals surface area (Å²) in [6.45, 7) is 1.67. The minimum Gasteiger partial charge on any atom is -0.457 e. The zero-order valence-corrected chi connectivity index (χ0v) is 19.5. The van der Waals surface area contributed by atoms with Crippen molar-refractivity contribution < 1.29 is 13.2 Å². The van der Waals surface area contributed by atoms with Gasteiger partial charge in [-0.3, -0.25) is 4.99 Å². The first-order chi connectivity index (χ1) is 13.4. The number of aliphatic imine (C=N–C) groups is 1. The van der Waals surface area contributed by atoms with Crippen molar-refractivity contribution in [2.75, 3.05) is 31.2 Å². The van der Waals surface area contributed by atoms with Crippen LogP contribution in [0.2, 0.25) is 0 Å². The molecule has 0 aliphatic carbocycles. The van der Waals surface area contributed by atoms with E-state index in [0.717, 1.165) is 24.3 Å². The van der Waals surface area contributed by atoms with Crippen LogP contribution in [0.3, 0.4) is 0 Å². The van der Waals surface area contributed by atoms with Crippen LogP contribution in [0.25, 0.3) is 0 Å². The van der Waals surface area contributed by atoms with E-state index in [9.17, 15) is 8.42 Å². The molecule has 158 valence electrons. The Hall–Kier alpha value is -1.85. The standard InChI is InChI=1S/C20H26N4O3S.HI/c1-28(25,26)24-12-10-16(11-13-24)15-22-20(21)23-17-6-5-9-19(14-17)27-18-7-3-2-4-8-18;/h2-9,14,16H,10-13,15H2,1H3,(H3,21,22,23);1H. The normalized spacial score (nSPS) is 16.1. The molecule has 7 nitrogen and oxygen atoms in total. The third-order valence-corrected chi connectivity index (χ3v) is 5.95. The summed E-state index contributed by atoms with van der Waals surface area (Å²) in [5.41, 5.74) is 6.81. The van der Waals surface area contributed by atoms with E-state index in [1.807, 2.05) is 54.6 Å².